The van der Waals surface area contributed by atoms with Crippen LogP contribution in [0.3, 0.4) is 0 Å². The Morgan fingerprint density at radius 1 is 1.30 bits per heavy atom. The zero-order valence-corrected chi connectivity index (χ0v) is 5.49. The van der Waals surface area contributed by atoms with Crippen LogP contribution in [-0.4, -0.2) is 7.05 Å². The van der Waals surface area contributed by atoms with E-state index in [1.54, 1.807) is 0 Å². The fourth-order valence-electron chi connectivity index (χ4n) is 0.697. The van der Waals surface area contributed by atoms with Gasteiger partial charge in [-0.2, -0.15) is 0 Å². The summed E-state index contributed by atoms with van der Waals surface area (Å²) in [7, 11) is 1.54. The Bertz CT molecular complexity index is 235. The molecule has 0 saturated heterocycles. The number of nitrogens with one attached hydrogen (secondary N) is 1. The van der Waals surface area contributed by atoms with Gasteiger partial charge < -0.3 is 5.32 Å². The maximum atomic E-state index is 12.6. The average molecular weight is 143 g/mol. The molecule has 0 unspecified atom stereocenters. The average Bonchev–Trinajstić information content (AvgIpc) is 1.95. The summed E-state index contributed by atoms with van der Waals surface area (Å²) in [5.74, 6) is -1.66. The topological polar surface area (TPSA) is 12.0 Å². The van der Waals surface area contributed by atoms with Gasteiger partial charge in [-0.05, 0) is 12.1 Å². The molecule has 0 spiro atoms. The molecule has 0 amide bonds. The summed E-state index contributed by atoms with van der Waals surface area (Å²) in [4.78, 5) is 0. The first-order valence-electron chi connectivity index (χ1n) is 2.87. The highest BCUT2D eigenvalue weighted by molar-refractivity contribution is 5.43. The van der Waals surface area contributed by atoms with E-state index in [0.717, 1.165) is 6.07 Å². The Hall–Kier alpha value is -1.12. The second-order valence-corrected chi connectivity index (χ2v) is 1.85. The lowest BCUT2D eigenvalue weighted by Gasteiger charge is -2.00. The molecule has 1 rings (SSSR count). The van der Waals surface area contributed by atoms with Crippen molar-refractivity contribution < 1.29 is 8.78 Å². The minimum atomic E-state index is -0.829. The normalized spacial score (nSPS) is 9.50. The van der Waals surface area contributed by atoms with Crippen molar-refractivity contribution in [2.75, 3.05) is 12.4 Å². The van der Waals surface area contributed by atoms with E-state index < -0.39 is 11.6 Å². The highest BCUT2D eigenvalue weighted by Crippen LogP contribution is 2.14. The zero-order valence-electron chi connectivity index (χ0n) is 5.49. The second kappa shape index (κ2) is 2.64. The SMILES string of the molecule is CNc1cccc(F)c1F. The molecular weight excluding hydrogens is 136 g/mol. The summed E-state index contributed by atoms with van der Waals surface area (Å²) in [6.07, 6.45) is 0. The monoisotopic (exact) mass is 143 g/mol. The summed E-state index contributed by atoms with van der Waals surface area (Å²) in [6, 6.07) is 4.00. The van der Waals surface area contributed by atoms with E-state index in [9.17, 15) is 8.78 Å². The molecule has 1 nitrogen and oxygen atoms in total. The van der Waals surface area contributed by atoms with Crippen molar-refractivity contribution in [2.45, 2.75) is 0 Å². The highest BCUT2D eigenvalue weighted by atomic mass is 19.2. The van der Waals surface area contributed by atoms with Crippen molar-refractivity contribution in [1.82, 2.24) is 0 Å². The van der Waals surface area contributed by atoms with Gasteiger partial charge in [0.1, 0.15) is 0 Å². The summed E-state index contributed by atoms with van der Waals surface area (Å²) >= 11 is 0. The van der Waals surface area contributed by atoms with Gasteiger partial charge in [0.05, 0.1) is 5.69 Å². The number of hydrogen-bond donors (Lipinski definition) is 1. The molecule has 1 aromatic carbocycles. The van der Waals surface area contributed by atoms with Crippen LogP contribution in [0.4, 0.5) is 14.5 Å². The number of hydrogen-bond acceptors (Lipinski definition) is 1. The predicted octanol–water partition coefficient (Wildman–Crippen LogP) is 2.01. The van der Waals surface area contributed by atoms with Gasteiger partial charge in [-0.3, -0.25) is 0 Å². The van der Waals surface area contributed by atoms with Gasteiger partial charge >= 0.3 is 0 Å². The minimum Gasteiger partial charge on any atom is -0.386 e. The molecule has 1 N–H and O–H groups in total. The van der Waals surface area contributed by atoms with Crippen molar-refractivity contribution in [3.63, 3.8) is 0 Å². The molecule has 1 aromatic rings. The fourth-order valence-corrected chi connectivity index (χ4v) is 0.697. The lowest BCUT2D eigenvalue weighted by Crippen LogP contribution is -1.94. The molecule has 0 aliphatic heterocycles. The summed E-state index contributed by atoms with van der Waals surface area (Å²) in [5.41, 5.74) is 0.181. The van der Waals surface area contributed by atoms with Crippen molar-refractivity contribution >= 4 is 5.69 Å². The first-order valence-corrected chi connectivity index (χ1v) is 2.87. The van der Waals surface area contributed by atoms with E-state index >= 15 is 0 Å². The highest BCUT2D eigenvalue weighted by Gasteiger charge is 2.03. The molecule has 0 heterocycles. The molecule has 0 atom stereocenters. The van der Waals surface area contributed by atoms with Crippen LogP contribution >= 0.6 is 0 Å². The van der Waals surface area contributed by atoms with Crippen LogP contribution in [0.2, 0.25) is 0 Å². The maximum absolute atomic E-state index is 12.6. The molecule has 0 aromatic heterocycles. The van der Waals surface area contributed by atoms with Gasteiger partial charge in [-0.25, -0.2) is 8.78 Å². The van der Waals surface area contributed by atoms with Gasteiger partial charge in [-0.15, -0.1) is 0 Å². The molecule has 0 fully saturated rings. The van der Waals surface area contributed by atoms with Gasteiger partial charge in [0, 0.05) is 7.05 Å². The summed E-state index contributed by atoms with van der Waals surface area (Å²) in [6.45, 7) is 0. The molecule has 3 heteroatoms. The maximum Gasteiger partial charge on any atom is 0.181 e. The van der Waals surface area contributed by atoms with Gasteiger partial charge in [0.2, 0.25) is 0 Å². The molecular formula is C7H7F2N. The van der Waals surface area contributed by atoms with Crippen molar-refractivity contribution in [3.05, 3.63) is 29.8 Å². The van der Waals surface area contributed by atoms with Crippen molar-refractivity contribution in [2.24, 2.45) is 0 Å². The van der Waals surface area contributed by atoms with E-state index in [4.69, 9.17) is 0 Å². The Morgan fingerprint density at radius 2 is 2.00 bits per heavy atom. The third-order valence-electron chi connectivity index (χ3n) is 1.22. The van der Waals surface area contributed by atoms with E-state index in [2.05, 4.69) is 5.32 Å². The van der Waals surface area contributed by atoms with E-state index in [1.807, 2.05) is 0 Å². The smallest absolute Gasteiger partial charge is 0.181 e. The van der Waals surface area contributed by atoms with Crippen LogP contribution in [0.15, 0.2) is 18.2 Å². The Morgan fingerprint density at radius 3 is 2.50 bits per heavy atom. The van der Waals surface area contributed by atoms with Gasteiger partial charge in [-0.1, -0.05) is 6.07 Å². The van der Waals surface area contributed by atoms with E-state index in [0.29, 0.717) is 0 Å². The lowest BCUT2D eigenvalue weighted by atomic mass is 10.3. The zero-order chi connectivity index (χ0) is 7.56. The molecule has 10 heavy (non-hydrogen) atoms. The third kappa shape index (κ3) is 1.07. The first-order chi connectivity index (χ1) is 4.75. The van der Waals surface area contributed by atoms with Gasteiger partial charge in [0.15, 0.2) is 11.6 Å². The lowest BCUT2D eigenvalue weighted by molar-refractivity contribution is 0.511. The van der Waals surface area contributed by atoms with E-state index in [-0.39, 0.29) is 5.69 Å². The first kappa shape index (κ1) is 6.99. The summed E-state index contributed by atoms with van der Waals surface area (Å²) < 4.78 is 24.9. The fraction of sp³-hybridized carbons (Fsp3) is 0.143. The third-order valence-corrected chi connectivity index (χ3v) is 1.22. The number of anilines is 1. The minimum absolute atomic E-state index is 0.181. The molecule has 0 bridgehead atoms. The van der Waals surface area contributed by atoms with Crippen LogP contribution in [0.25, 0.3) is 0 Å². The molecule has 0 radical (unpaired) electrons. The van der Waals surface area contributed by atoms with Crippen LogP contribution in [0.1, 0.15) is 0 Å². The Labute approximate surface area is 57.7 Å². The van der Waals surface area contributed by atoms with Gasteiger partial charge in [0.25, 0.3) is 0 Å². The molecule has 0 aliphatic carbocycles. The largest absolute Gasteiger partial charge is 0.386 e. The van der Waals surface area contributed by atoms with Crippen LogP contribution in [0.5, 0.6) is 0 Å². The molecule has 54 valence electrons. The Balaban J connectivity index is 3.14. The molecule has 0 aliphatic rings. The number of rotatable bonds is 1. The molecule has 0 saturated carbocycles. The quantitative estimate of drug-likeness (QED) is 0.634. The standard InChI is InChI=1S/C7H7F2N/c1-10-6-4-2-3-5(8)7(6)9/h2-4,10H,1H3. The van der Waals surface area contributed by atoms with Crippen LogP contribution in [-0.2, 0) is 0 Å². The Kier molecular flexibility index (Phi) is 1.85. The van der Waals surface area contributed by atoms with Crippen LogP contribution < -0.4 is 5.32 Å². The number of halogens is 2. The number of benzene rings is 1. The van der Waals surface area contributed by atoms with Crippen molar-refractivity contribution in [3.8, 4) is 0 Å². The van der Waals surface area contributed by atoms with E-state index in [1.165, 1.54) is 19.2 Å². The second-order valence-electron chi connectivity index (χ2n) is 1.85. The van der Waals surface area contributed by atoms with Crippen molar-refractivity contribution in [1.29, 1.82) is 0 Å². The van der Waals surface area contributed by atoms with Crippen LogP contribution in [0, 0.1) is 11.6 Å². The summed E-state index contributed by atoms with van der Waals surface area (Å²) in [5, 5.41) is 2.52. The predicted molar refractivity (Wildman–Crippen MR) is 35.9 cm³/mol.